The van der Waals surface area contributed by atoms with Gasteiger partial charge in [0.05, 0.1) is 16.3 Å². The first-order valence-electron chi connectivity index (χ1n) is 6.92. The second kappa shape index (κ2) is 7.77. The zero-order chi connectivity index (χ0) is 17.7. The molecule has 3 nitrogen and oxygen atoms in total. The van der Waals surface area contributed by atoms with Gasteiger partial charge in [-0.25, -0.2) is 0 Å². The lowest BCUT2D eigenvalue weighted by atomic mass is 10.2. The van der Waals surface area contributed by atoms with Gasteiger partial charge in [0.1, 0.15) is 0 Å². The van der Waals surface area contributed by atoms with Crippen molar-refractivity contribution in [3.05, 3.63) is 58.1 Å². The van der Waals surface area contributed by atoms with Crippen LogP contribution in [0.3, 0.4) is 0 Å². The van der Waals surface area contributed by atoms with Crippen molar-refractivity contribution >= 4 is 40.5 Å². The molecule has 2 N–H and O–H groups in total. The van der Waals surface area contributed by atoms with Crippen LogP contribution in [0.5, 0.6) is 0 Å². The molecule has 24 heavy (non-hydrogen) atoms. The van der Waals surface area contributed by atoms with Crippen molar-refractivity contribution < 1.29 is 18.0 Å². The van der Waals surface area contributed by atoms with E-state index in [0.717, 1.165) is 12.1 Å². The Morgan fingerprint density at radius 1 is 1.04 bits per heavy atom. The zero-order valence-electron chi connectivity index (χ0n) is 12.3. The van der Waals surface area contributed by atoms with E-state index in [9.17, 15) is 18.0 Å². The number of halogens is 5. The fourth-order valence-corrected chi connectivity index (χ4v) is 2.38. The van der Waals surface area contributed by atoms with E-state index in [1.807, 2.05) is 0 Å². The Hall–Kier alpha value is -1.92. The summed E-state index contributed by atoms with van der Waals surface area (Å²) in [5, 5.41) is 6.46. The fourth-order valence-electron chi connectivity index (χ4n) is 1.91. The summed E-state index contributed by atoms with van der Waals surface area (Å²) in [7, 11) is 0. The summed E-state index contributed by atoms with van der Waals surface area (Å²) in [5.74, 6) is -0.327. The number of anilines is 2. The highest BCUT2D eigenvalue weighted by molar-refractivity contribution is 6.36. The van der Waals surface area contributed by atoms with E-state index in [0.29, 0.717) is 28.0 Å². The highest BCUT2D eigenvalue weighted by Crippen LogP contribution is 2.30. The van der Waals surface area contributed by atoms with Crippen LogP contribution in [0.2, 0.25) is 10.0 Å². The second-order valence-corrected chi connectivity index (χ2v) is 5.77. The number of carbonyl (C=O) groups excluding carboxylic acids is 1. The van der Waals surface area contributed by atoms with Crippen LogP contribution in [0.1, 0.15) is 12.0 Å². The maximum absolute atomic E-state index is 12.5. The van der Waals surface area contributed by atoms with E-state index in [1.165, 1.54) is 12.1 Å². The first-order valence-corrected chi connectivity index (χ1v) is 7.67. The Bertz CT molecular complexity index is 718. The van der Waals surface area contributed by atoms with Gasteiger partial charge in [-0.15, -0.1) is 0 Å². The third kappa shape index (κ3) is 5.32. The van der Waals surface area contributed by atoms with Crippen molar-refractivity contribution in [3.63, 3.8) is 0 Å². The molecule has 0 saturated heterocycles. The Morgan fingerprint density at radius 2 is 1.71 bits per heavy atom. The smallest absolute Gasteiger partial charge is 0.383 e. The molecule has 0 bridgehead atoms. The van der Waals surface area contributed by atoms with Crippen LogP contribution < -0.4 is 10.6 Å². The van der Waals surface area contributed by atoms with Crippen molar-refractivity contribution in [1.29, 1.82) is 0 Å². The van der Waals surface area contributed by atoms with Gasteiger partial charge in [-0.1, -0.05) is 23.2 Å². The van der Waals surface area contributed by atoms with Gasteiger partial charge in [0.2, 0.25) is 5.91 Å². The van der Waals surface area contributed by atoms with E-state index >= 15 is 0 Å². The molecule has 0 aliphatic carbocycles. The summed E-state index contributed by atoms with van der Waals surface area (Å²) in [4.78, 5) is 11.8. The molecular weight excluding hydrogens is 364 g/mol. The SMILES string of the molecule is O=C(CCNc1ccc(Cl)cc1Cl)Nc1ccc(C(F)(F)F)cc1. The van der Waals surface area contributed by atoms with Gasteiger partial charge in [0.15, 0.2) is 0 Å². The van der Waals surface area contributed by atoms with Gasteiger partial charge in [-0.2, -0.15) is 13.2 Å². The van der Waals surface area contributed by atoms with Gasteiger partial charge < -0.3 is 10.6 Å². The number of hydrogen-bond acceptors (Lipinski definition) is 2. The molecule has 2 rings (SSSR count). The Kier molecular flexibility index (Phi) is 5.96. The van der Waals surface area contributed by atoms with E-state index in [2.05, 4.69) is 10.6 Å². The molecule has 128 valence electrons. The number of rotatable bonds is 5. The molecule has 0 heterocycles. The third-order valence-electron chi connectivity index (χ3n) is 3.09. The predicted molar refractivity (Wildman–Crippen MR) is 89.6 cm³/mol. The largest absolute Gasteiger partial charge is 0.416 e. The lowest BCUT2D eigenvalue weighted by Crippen LogP contribution is -2.16. The van der Waals surface area contributed by atoms with Gasteiger partial charge >= 0.3 is 6.18 Å². The molecule has 0 saturated carbocycles. The van der Waals surface area contributed by atoms with Crippen LogP contribution >= 0.6 is 23.2 Å². The Morgan fingerprint density at radius 3 is 2.29 bits per heavy atom. The minimum atomic E-state index is -4.40. The molecule has 0 spiro atoms. The van der Waals surface area contributed by atoms with Gasteiger partial charge in [0, 0.05) is 23.7 Å². The molecule has 0 fully saturated rings. The zero-order valence-corrected chi connectivity index (χ0v) is 13.8. The van der Waals surface area contributed by atoms with Crippen molar-refractivity contribution in [3.8, 4) is 0 Å². The summed E-state index contributed by atoms with van der Waals surface area (Å²) in [6.45, 7) is 0.313. The lowest BCUT2D eigenvalue weighted by molar-refractivity contribution is -0.137. The van der Waals surface area contributed by atoms with Crippen LogP contribution in [0.4, 0.5) is 24.5 Å². The molecule has 1 amide bonds. The van der Waals surface area contributed by atoms with E-state index in [1.54, 1.807) is 18.2 Å². The minimum Gasteiger partial charge on any atom is -0.383 e. The van der Waals surface area contributed by atoms with Crippen LogP contribution in [-0.2, 0) is 11.0 Å². The number of amides is 1. The third-order valence-corrected chi connectivity index (χ3v) is 3.64. The first-order chi connectivity index (χ1) is 11.3. The van der Waals surface area contributed by atoms with E-state index in [4.69, 9.17) is 23.2 Å². The first kappa shape index (κ1) is 18.4. The quantitative estimate of drug-likeness (QED) is 0.727. The molecule has 0 unspecified atom stereocenters. The Balaban J connectivity index is 1.83. The van der Waals surface area contributed by atoms with Crippen LogP contribution in [-0.4, -0.2) is 12.5 Å². The standard InChI is InChI=1S/C16H13Cl2F3N2O/c17-11-3-6-14(13(18)9-11)22-8-7-15(24)23-12-4-1-10(2-5-12)16(19,20)21/h1-6,9,22H,7-8H2,(H,23,24). The number of nitrogens with one attached hydrogen (secondary N) is 2. The molecule has 0 aliphatic rings. The highest BCUT2D eigenvalue weighted by Gasteiger charge is 2.29. The summed E-state index contributed by atoms with van der Waals surface area (Å²) < 4.78 is 37.4. The van der Waals surface area contributed by atoms with Crippen LogP contribution in [0, 0.1) is 0 Å². The van der Waals surface area contributed by atoms with Gasteiger partial charge in [-0.05, 0) is 42.5 Å². The highest BCUT2D eigenvalue weighted by atomic mass is 35.5. The maximum atomic E-state index is 12.5. The van der Waals surface area contributed by atoms with E-state index < -0.39 is 11.7 Å². The number of hydrogen-bond donors (Lipinski definition) is 2. The summed E-state index contributed by atoms with van der Waals surface area (Å²) in [6, 6.07) is 9.20. The molecular formula is C16H13Cl2F3N2O. The topological polar surface area (TPSA) is 41.1 Å². The number of benzene rings is 2. The van der Waals surface area contributed by atoms with Gasteiger partial charge in [-0.3, -0.25) is 4.79 Å². The minimum absolute atomic E-state index is 0.125. The van der Waals surface area contributed by atoms with Crippen molar-refractivity contribution in [1.82, 2.24) is 0 Å². The monoisotopic (exact) mass is 376 g/mol. The van der Waals surface area contributed by atoms with Crippen molar-refractivity contribution in [2.45, 2.75) is 12.6 Å². The van der Waals surface area contributed by atoms with Crippen molar-refractivity contribution in [2.24, 2.45) is 0 Å². The van der Waals surface area contributed by atoms with E-state index in [-0.39, 0.29) is 12.3 Å². The summed E-state index contributed by atoms with van der Waals surface area (Å²) >= 11 is 11.8. The second-order valence-electron chi connectivity index (χ2n) is 4.92. The lowest BCUT2D eigenvalue weighted by Gasteiger charge is -2.10. The number of carbonyl (C=O) groups is 1. The molecule has 2 aromatic rings. The maximum Gasteiger partial charge on any atom is 0.416 e. The molecule has 0 radical (unpaired) electrons. The van der Waals surface area contributed by atoms with Crippen LogP contribution in [0.25, 0.3) is 0 Å². The van der Waals surface area contributed by atoms with Gasteiger partial charge in [0.25, 0.3) is 0 Å². The molecule has 8 heteroatoms. The average Bonchev–Trinajstić information content (AvgIpc) is 2.49. The average molecular weight is 377 g/mol. The molecule has 0 atom stereocenters. The molecule has 0 aromatic heterocycles. The van der Waals surface area contributed by atoms with Crippen LogP contribution in [0.15, 0.2) is 42.5 Å². The summed E-state index contributed by atoms with van der Waals surface area (Å²) in [6.07, 6.45) is -4.27. The predicted octanol–water partition coefficient (Wildman–Crippen LogP) is 5.45. The number of alkyl halides is 3. The summed E-state index contributed by atoms with van der Waals surface area (Å²) in [5.41, 5.74) is 0.181. The molecule has 2 aromatic carbocycles. The molecule has 0 aliphatic heterocycles. The fraction of sp³-hybridized carbons (Fsp3) is 0.188. The van der Waals surface area contributed by atoms with Crippen molar-refractivity contribution in [2.75, 3.05) is 17.2 Å². The normalized spacial score (nSPS) is 11.2. The Labute approximate surface area is 146 Å².